The van der Waals surface area contributed by atoms with Crippen LogP contribution in [-0.2, 0) is 0 Å². The number of para-hydroxylation sites is 6. The van der Waals surface area contributed by atoms with E-state index in [0.717, 1.165) is 11.4 Å². The maximum atomic E-state index is 2.50. The van der Waals surface area contributed by atoms with Gasteiger partial charge in [-0.3, -0.25) is 8.97 Å². The SMILES string of the molecule is c1ccc(-c2cccc(-n3c4ccccc4c4cc(-n5c6ccccc6c6cc7c(cc65)-c5c6ccccc6n6c8ccccc8n(c56)-c5ccccc5-7)ccc43)c2)cc1. The van der Waals surface area contributed by atoms with Gasteiger partial charge < -0.3 is 9.13 Å². The molecular formula is C56H34N4. The number of fused-ring (bicyclic) bond motifs is 17. The van der Waals surface area contributed by atoms with E-state index in [0.29, 0.717) is 0 Å². The van der Waals surface area contributed by atoms with E-state index in [9.17, 15) is 0 Å². The van der Waals surface area contributed by atoms with Crippen LogP contribution < -0.4 is 0 Å². The van der Waals surface area contributed by atoms with Crippen LogP contribution >= 0.6 is 0 Å². The fraction of sp³-hybridized carbons (Fsp3) is 0. The highest BCUT2D eigenvalue weighted by molar-refractivity contribution is 6.19. The highest BCUT2D eigenvalue weighted by atomic mass is 15.1. The minimum atomic E-state index is 1.14. The van der Waals surface area contributed by atoms with E-state index < -0.39 is 0 Å². The predicted molar refractivity (Wildman–Crippen MR) is 250 cm³/mol. The molecular weight excluding hydrogens is 729 g/mol. The molecule has 9 aromatic carbocycles. The van der Waals surface area contributed by atoms with Crippen molar-refractivity contribution >= 4 is 71.2 Å². The van der Waals surface area contributed by atoms with E-state index >= 15 is 0 Å². The Morgan fingerprint density at radius 2 is 0.850 bits per heavy atom. The van der Waals surface area contributed by atoms with Crippen molar-refractivity contribution in [2.24, 2.45) is 0 Å². The number of hydrogen-bond acceptors (Lipinski definition) is 0. The zero-order valence-electron chi connectivity index (χ0n) is 32.4. The summed E-state index contributed by atoms with van der Waals surface area (Å²) in [6.07, 6.45) is 0. The van der Waals surface area contributed by atoms with Gasteiger partial charge in [0.15, 0.2) is 0 Å². The Kier molecular flexibility index (Phi) is 6.26. The number of rotatable bonds is 3. The fourth-order valence-electron chi connectivity index (χ4n) is 10.6. The molecule has 0 aliphatic carbocycles. The summed E-state index contributed by atoms with van der Waals surface area (Å²) < 4.78 is 9.89. The number of aromatic nitrogens is 4. The van der Waals surface area contributed by atoms with Crippen molar-refractivity contribution < 1.29 is 0 Å². The molecule has 0 saturated carbocycles. The molecule has 0 unspecified atom stereocenters. The Balaban J connectivity index is 1.07. The first-order valence-corrected chi connectivity index (χ1v) is 20.7. The number of nitrogens with zero attached hydrogens (tertiary/aromatic N) is 4. The lowest BCUT2D eigenvalue weighted by Crippen LogP contribution is -1.96. The number of hydrogen-bond donors (Lipinski definition) is 0. The van der Waals surface area contributed by atoms with Crippen molar-refractivity contribution in [1.29, 1.82) is 0 Å². The van der Waals surface area contributed by atoms with Crippen LogP contribution in [0.3, 0.4) is 0 Å². The molecule has 5 heterocycles. The molecule has 1 aliphatic rings. The van der Waals surface area contributed by atoms with E-state index in [1.807, 2.05) is 0 Å². The highest BCUT2D eigenvalue weighted by Gasteiger charge is 2.29. The topological polar surface area (TPSA) is 19.2 Å². The summed E-state index contributed by atoms with van der Waals surface area (Å²) in [5.74, 6) is 0. The van der Waals surface area contributed by atoms with Gasteiger partial charge in [-0.1, -0.05) is 127 Å². The lowest BCUT2D eigenvalue weighted by molar-refractivity contribution is 1.16. The minimum Gasteiger partial charge on any atom is -0.309 e. The Labute approximate surface area is 344 Å². The van der Waals surface area contributed by atoms with Gasteiger partial charge in [0.1, 0.15) is 5.65 Å². The molecule has 4 heteroatoms. The van der Waals surface area contributed by atoms with Crippen LogP contribution in [0.5, 0.6) is 0 Å². The van der Waals surface area contributed by atoms with Crippen molar-refractivity contribution in [3.05, 3.63) is 206 Å². The summed E-state index contributed by atoms with van der Waals surface area (Å²) in [6.45, 7) is 0. The van der Waals surface area contributed by atoms with E-state index in [2.05, 4.69) is 224 Å². The van der Waals surface area contributed by atoms with Crippen LogP contribution in [0, 0.1) is 0 Å². The third-order valence-electron chi connectivity index (χ3n) is 13.1. The largest absolute Gasteiger partial charge is 0.309 e. The van der Waals surface area contributed by atoms with Gasteiger partial charge in [0.25, 0.3) is 0 Å². The zero-order valence-corrected chi connectivity index (χ0v) is 32.4. The van der Waals surface area contributed by atoms with Gasteiger partial charge in [-0.15, -0.1) is 0 Å². The Bertz CT molecular complexity index is 3940. The molecule has 4 nitrogen and oxygen atoms in total. The molecule has 1 aliphatic heterocycles. The second-order valence-electron chi connectivity index (χ2n) is 16.1. The molecule has 0 bridgehead atoms. The molecule has 278 valence electrons. The second kappa shape index (κ2) is 11.8. The first kappa shape index (κ1) is 31.9. The van der Waals surface area contributed by atoms with Crippen LogP contribution in [0.4, 0.5) is 0 Å². The molecule has 14 rings (SSSR count). The third kappa shape index (κ3) is 4.14. The van der Waals surface area contributed by atoms with E-state index in [1.54, 1.807) is 0 Å². The molecule has 0 spiro atoms. The van der Waals surface area contributed by atoms with Crippen molar-refractivity contribution in [3.63, 3.8) is 0 Å². The highest BCUT2D eigenvalue weighted by Crippen LogP contribution is 2.50. The average molecular weight is 763 g/mol. The summed E-state index contributed by atoms with van der Waals surface area (Å²) in [6, 6.07) is 76.0. The van der Waals surface area contributed by atoms with Crippen LogP contribution in [-0.4, -0.2) is 18.1 Å². The molecule has 4 aromatic heterocycles. The third-order valence-corrected chi connectivity index (χ3v) is 13.1. The normalized spacial score (nSPS) is 12.3. The summed E-state index contributed by atoms with van der Waals surface area (Å²) in [7, 11) is 0. The molecule has 0 radical (unpaired) electrons. The van der Waals surface area contributed by atoms with Crippen molar-refractivity contribution in [2.45, 2.75) is 0 Å². The molecule has 60 heavy (non-hydrogen) atoms. The van der Waals surface area contributed by atoms with E-state index in [1.165, 1.54) is 110 Å². The van der Waals surface area contributed by atoms with Crippen LogP contribution in [0.1, 0.15) is 0 Å². The average Bonchev–Trinajstić information content (AvgIpc) is 4.01. The minimum absolute atomic E-state index is 1.14. The van der Waals surface area contributed by atoms with Crippen LogP contribution in [0.2, 0.25) is 0 Å². The Morgan fingerprint density at radius 3 is 1.65 bits per heavy atom. The molecule has 0 N–H and O–H groups in total. The first-order valence-electron chi connectivity index (χ1n) is 20.7. The smallest absolute Gasteiger partial charge is 0.131 e. The first-order chi connectivity index (χ1) is 29.8. The summed E-state index contributed by atoms with van der Waals surface area (Å²) in [5.41, 5.74) is 20.5. The van der Waals surface area contributed by atoms with Crippen LogP contribution in [0.25, 0.3) is 122 Å². The number of benzene rings is 9. The maximum Gasteiger partial charge on any atom is 0.131 e. The Morgan fingerprint density at radius 1 is 0.267 bits per heavy atom. The zero-order chi connectivity index (χ0) is 39.1. The van der Waals surface area contributed by atoms with E-state index in [4.69, 9.17) is 0 Å². The van der Waals surface area contributed by atoms with Gasteiger partial charge in [-0.2, -0.15) is 0 Å². The van der Waals surface area contributed by atoms with Gasteiger partial charge in [0.05, 0.1) is 44.3 Å². The molecule has 0 saturated heterocycles. The van der Waals surface area contributed by atoms with Gasteiger partial charge in [-0.05, 0) is 101 Å². The lowest BCUT2D eigenvalue weighted by Gasteiger charge is -2.14. The Hall–Kier alpha value is -8.08. The molecule has 13 aromatic rings. The van der Waals surface area contributed by atoms with Crippen LogP contribution in [0.15, 0.2) is 206 Å². The van der Waals surface area contributed by atoms with Gasteiger partial charge >= 0.3 is 0 Å². The van der Waals surface area contributed by atoms with E-state index in [-0.39, 0.29) is 0 Å². The molecule has 0 atom stereocenters. The quantitative estimate of drug-likeness (QED) is 0.171. The van der Waals surface area contributed by atoms with Crippen molar-refractivity contribution in [2.75, 3.05) is 0 Å². The molecule has 0 fully saturated rings. The summed E-state index contributed by atoms with van der Waals surface area (Å²) in [5, 5.41) is 6.21. The molecule has 0 amide bonds. The fourth-order valence-corrected chi connectivity index (χ4v) is 10.6. The predicted octanol–water partition coefficient (Wildman–Crippen LogP) is 14.5. The second-order valence-corrected chi connectivity index (χ2v) is 16.1. The monoisotopic (exact) mass is 762 g/mol. The van der Waals surface area contributed by atoms with Crippen molar-refractivity contribution in [3.8, 4) is 50.4 Å². The van der Waals surface area contributed by atoms with Crippen molar-refractivity contribution in [1.82, 2.24) is 18.1 Å². The summed E-state index contributed by atoms with van der Waals surface area (Å²) in [4.78, 5) is 0. The van der Waals surface area contributed by atoms with Gasteiger partial charge in [-0.25, -0.2) is 0 Å². The standard InChI is InChI=1S/C56H34N4/c1-2-15-35(16-3-1)36-17-14-18-37(31-36)57-47-23-8-5-20-40(47)44-32-38(29-30-51(44)57)58-48-24-9-6-21-41(48)45-33-43-39-19-4-10-25-49(39)59-52-27-12-13-28-53(52)60-50-26-11-7-22-42(50)55(56(59)60)46(43)34-54(45)58/h1-34H. The van der Waals surface area contributed by atoms with Gasteiger partial charge in [0.2, 0.25) is 0 Å². The number of imidazole rings is 1. The lowest BCUT2D eigenvalue weighted by atomic mass is 9.92. The maximum absolute atomic E-state index is 2.50. The summed E-state index contributed by atoms with van der Waals surface area (Å²) >= 11 is 0. The van der Waals surface area contributed by atoms with Gasteiger partial charge in [0, 0.05) is 49.4 Å².